The number of hydrogen-bond donors (Lipinski definition) is 3. The lowest BCUT2D eigenvalue weighted by molar-refractivity contribution is -0.142. The molecule has 0 aromatic heterocycles. The van der Waals surface area contributed by atoms with Crippen molar-refractivity contribution in [2.24, 2.45) is 0 Å². The molecule has 1 amide bonds. The average molecular weight is 225 g/mol. The second-order valence-electron chi connectivity index (χ2n) is 2.71. The highest BCUT2D eigenvalue weighted by atomic mass is 32.2. The maximum Gasteiger partial charge on any atom is 0.328 e. The van der Waals surface area contributed by atoms with Crippen LogP contribution in [-0.4, -0.2) is 55.2 Å². The van der Waals surface area contributed by atoms with Crippen molar-refractivity contribution >= 4 is 21.7 Å². The Labute approximate surface area is 80.7 Å². The molecule has 0 saturated carbocycles. The van der Waals surface area contributed by atoms with E-state index in [-0.39, 0.29) is 0 Å². The lowest BCUT2D eigenvalue weighted by atomic mass is 10.3. The van der Waals surface area contributed by atoms with Crippen LogP contribution in [-0.2, 0) is 19.4 Å². The molecule has 0 radical (unpaired) electrons. The number of aliphatic carboxylic acids is 1. The van der Waals surface area contributed by atoms with Crippen molar-refractivity contribution in [2.45, 2.75) is 6.04 Å². The molecule has 0 heterocycles. The van der Waals surface area contributed by atoms with Crippen LogP contribution in [0.2, 0.25) is 0 Å². The van der Waals surface area contributed by atoms with E-state index in [0.717, 1.165) is 6.26 Å². The van der Waals surface area contributed by atoms with E-state index in [9.17, 15) is 18.0 Å². The Morgan fingerprint density at radius 2 is 1.93 bits per heavy atom. The SMILES string of the molecule is CS(=O)(=O)CC(=O)N[C@H](CO)C(=O)O. The fourth-order valence-electron chi connectivity index (χ4n) is 0.660. The summed E-state index contributed by atoms with van der Waals surface area (Å²) in [6.45, 7) is -0.787. The van der Waals surface area contributed by atoms with Crippen molar-refractivity contribution < 1.29 is 28.2 Å². The number of carboxylic acids is 1. The van der Waals surface area contributed by atoms with Crippen molar-refractivity contribution in [1.29, 1.82) is 0 Å². The molecule has 0 saturated heterocycles. The summed E-state index contributed by atoms with van der Waals surface area (Å²) in [6, 6.07) is -1.47. The third kappa shape index (κ3) is 5.49. The van der Waals surface area contributed by atoms with Crippen LogP contribution >= 0.6 is 0 Å². The molecule has 0 aliphatic heterocycles. The van der Waals surface area contributed by atoms with E-state index in [1.807, 2.05) is 5.32 Å². The van der Waals surface area contributed by atoms with Gasteiger partial charge in [0.2, 0.25) is 5.91 Å². The Balaban J connectivity index is 4.25. The maximum absolute atomic E-state index is 10.9. The van der Waals surface area contributed by atoms with Crippen LogP contribution in [0, 0.1) is 0 Å². The van der Waals surface area contributed by atoms with Crippen LogP contribution in [0.4, 0.5) is 0 Å². The molecule has 0 bridgehead atoms. The summed E-state index contributed by atoms with van der Waals surface area (Å²) in [5.41, 5.74) is 0. The summed E-state index contributed by atoms with van der Waals surface area (Å²) in [7, 11) is -3.49. The van der Waals surface area contributed by atoms with Gasteiger partial charge in [0.05, 0.1) is 6.61 Å². The van der Waals surface area contributed by atoms with E-state index in [2.05, 4.69) is 0 Å². The molecule has 0 rings (SSSR count). The number of amides is 1. The first-order valence-corrected chi connectivity index (χ1v) is 5.63. The molecular formula is C6H11NO6S. The third-order valence-electron chi connectivity index (χ3n) is 1.21. The van der Waals surface area contributed by atoms with E-state index in [1.54, 1.807) is 0 Å². The topological polar surface area (TPSA) is 121 Å². The second-order valence-corrected chi connectivity index (χ2v) is 4.85. The highest BCUT2D eigenvalue weighted by molar-refractivity contribution is 7.91. The zero-order valence-corrected chi connectivity index (χ0v) is 8.24. The first kappa shape index (κ1) is 12.8. The number of carboxylic acid groups (broad SMARTS) is 1. The molecule has 14 heavy (non-hydrogen) atoms. The van der Waals surface area contributed by atoms with Crippen LogP contribution in [0.25, 0.3) is 0 Å². The van der Waals surface area contributed by atoms with Gasteiger partial charge in [-0.3, -0.25) is 4.79 Å². The predicted octanol–water partition coefficient (Wildman–Crippen LogP) is -2.41. The predicted molar refractivity (Wildman–Crippen MR) is 46.4 cm³/mol. The zero-order chi connectivity index (χ0) is 11.4. The lowest BCUT2D eigenvalue weighted by Crippen LogP contribution is -2.45. The smallest absolute Gasteiger partial charge is 0.328 e. The van der Waals surface area contributed by atoms with Crippen LogP contribution in [0.1, 0.15) is 0 Å². The average Bonchev–Trinajstić information content (AvgIpc) is 1.96. The Morgan fingerprint density at radius 1 is 1.43 bits per heavy atom. The van der Waals surface area contributed by atoms with Gasteiger partial charge in [-0.1, -0.05) is 0 Å². The number of carbonyl (C=O) groups is 2. The van der Waals surface area contributed by atoms with Crippen LogP contribution in [0.15, 0.2) is 0 Å². The number of sulfone groups is 1. The van der Waals surface area contributed by atoms with Gasteiger partial charge in [-0.25, -0.2) is 13.2 Å². The molecule has 0 aromatic rings. The summed E-state index contributed by atoms with van der Waals surface area (Å²) >= 11 is 0. The fourth-order valence-corrected chi connectivity index (χ4v) is 1.22. The third-order valence-corrected chi connectivity index (χ3v) is 2.00. The van der Waals surface area contributed by atoms with Crippen LogP contribution < -0.4 is 5.32 Å². The van der Waals surface area contributed by atoms with Crippen molar-refractivity contribution in [2.75, 3.05) is 18.6 Å². The van der Waals surface area contributed by atoms with Gasteiger partial charge in [-0.2, -0.15) is 0 Å². The van der Waals surface area contributed by atoms with Crippen LogP contribution in [0.5, 0.6) is 0 Å². The number of aliphatic hydroxyl groups is 1. The molecule has 0 aromatic carbocycles. The molecule has 0 fully saturated rings. The van der Waals surface area contributed by atoms with Crippen molar-refractivity contribution in [1.82, 2.24) is 5.32 Å². The Hall–Kier alpha value is -1.15. The molecule has 82 valence electrons. The molecular weight excluding hydrogens is 214 g/mol. The summed E-state index contributed by atoms with van der Waals surface area (Å²) in [6.07, 6.45) is 0.849. The molecule has 8 heteroatoms. The van der Waals surface area contributed by atoms with Crippen molar-refractivity contribution in [3.63, 3.8) is 0 Å². The number of rotatable bonds is 5. The molecule has 0 aliphatic rings. The minimum Gasteiger partial charge on any atom is -0.480 e. The molecule has 1 atom stereocenters. The van der Waals surface area contributed by atoms with Gasteiger partial charge in [0.15, 0.2) is 9.84 Å². The van der Waals surface area contributed by atoms with Gasteiger partial charge in [-0.15, -0.1) is 0 Å². The number of carbonyl (C=O) groups excluding carboxylic acids is 1. The summed E-state index contributed by atoms with van der Waals surface area (Å²) in [5.74, 6) is -3.17. The molecule has 0 unspecified atom stereocenters. The quantitative estimate of drug-likeness (QED) is 0.479. The van der Waals surface area contributed by atoms with Gasteiger partial charge < -0.3 is 15.5 Å². The normalized spacial score (nSPS) is 13.3. The summed E-state index contributed by atoms with van der Waals surface area (Å²) < 4.78 is 21.2. The monoisotopic (exact) mass is 225 g/mol. The van der Waals surface area contributed by atoms with E-state index < -0.39 is 40.1 Å². The molecule has 7 nitrogen and oxygen atoms in total. The maximum atomic E-state index is 10.9. The molecule has 0 spiro atoms. The van der Waals surface area contributed by atoms with Gasteiger partial charge in [-0.05, 0) is 0 Å². The molecule has 0 aliphatic carbocycles. The van der Waals surface area contributed by atoms with E-state index in [4.69, 9.17) is 10.2 Å². The van der Waals surface area contributed by atoms with Crippen LogP contribution in [0.3, 0.4) is 0 Å². The van der Waals surface area contributed by atoms with Gasteiger partial charge in [0.1, 0.15) is 11.8 Å². The van der Waals surface area contributed by atoms with Crippen molar-refractivity contribution in [3.8, 4) is 0 Å². The minimum absolute atomic E-state index is 0.787. The first-order valence-electron chi connectivity index (χ1n) is 3.57. The Kier molecular flexibility index (Phi) is 4.51. The highest BCUT2D eigenvalue weighted by Crippen LogP contribution is 1.86. The van der Waals surface area contributed by atoms with E-state index in [0.29, 0.717) is 0 Å². The highest BCUT2D eigenvalue weighted by Gasteiger charge is 2.20. The first-order chi connectivity index (χ1) is 6.26. The van der Waals surface area contributed by atoms with Gasteiger partial charge in [0.25, 0.3) is 0 Å². The fraction of sp³-hybridized carbons (Fsp3) is 0.667. The summed E-state index contributed by atoms with van der Waals surface area (Å²) in [4.78, 5) is 21.2. The Bertz CT molecular complexity index is 321. The summed E-state index contributed by atoms with van der Waals surface area (Å²) in [5, 5.41) is 18.7. The Morgan fingerprint density at radius 3 is 2.21 bits per heavy atom. The number of nitrogens with one attached hydrogen (secondary N) is 1. The lowest BCUT2D eigenvalue weighted by Gasteiger charge is -2.10. The number of aliphatic hydroxyl groups excluding tert-OH is 1. The number of hydrogen-bond acceptors (Lipinski definition) is 5. The second kappa shape index (κ2) is 4.91. The van der Waals surface area contributed by atoms with E-state index >= 15 is 0 Å². The minimum atomic E-state index is -3.49. The molecule has 3 N–H and O–H groups in total. The zero-order valence-electron chi connectivity index (χ0n) is 7.43. The van der Waals surface area contributed by atoms with Gasteiger partial charge >= 0.3 is 5.97 Å². The van der Waals surface area contributed by atoms with Crippen molar-refractivity contribution in [3.05, 3.63) is 0 Å². The van der Waals surface area contributed by atoms with Gasteiger partial charge in [0, 0.05) is 6.26 Å². The van der Waals surface area contributed by atoms with E-state index in [1.165, 1.54) is 0 Å². The standard InChI is InChI=1S/C6H11NO6S/c1-14(12,13)3-5(9)7-4(2-8)6(10)11/h4,8H,2-3H2,1H3,(H,7,9)(H,10,11)/t4-/m1/s1. The largest absolute Gasteiger partial charge is 0.480 e.